The van der Waals surface area contributed by atoms with Gasteiger partial charge in [-0.3, -0.25) is 0 Å². The Labute approximate surface area is 93.0 Å². The van der Waals surface area contributed by atoms with Crippen LogP contribution in [0.2, 0.25) is 0 Å². The first-order valence-corrected chi connectivity index (χ1v) is 5.30. The summed E-state index contributed by atoms with van der Waals surface area (Å²) in [5.41, 5.74) is 1.14. The summed E-state index contributed by atoms with van der Waals surface area (Å²) in [6, 6.07) is 2.29. The lowest BCUT2D eigenvalue weighted by Gasteiger charge is -2.14. The molecule has 0 aromatic carbocycles. The molecule has 1 unspecified atom stereocenters. The number of aromatic nitrogens is 1. The van der Waals surface area contributed by atoms with Crippen LogP contribution >= 0.6 is 15.9 Å². The number of hydrogen-bond donors (Lipinski definition) is 1. The summed E-state index contributed by atoms with van der Waals surface area (Å²) in [6.45, 7) is 4.74. The number of hydrogen-bond acceptors (Lipinski definition) is 3. The summed E-state index contributed by atoms with van der Waals surface area (Å²) in [5, 5.41) is 3.26. The van der Waals surface area contributed by atoms with Gasteiger partial charge in [-0.25, -0.2) is 4.98 Å². The van der Waals surface area contributed by atoms with E-state index in [0.29, 0.717) is 6.61 Å². The predicted molar refractivity (Wildman–Crippen MR) is 61.6 cm³/mol. The third-order valence-corrected chi connectivity index (χ3v) is 2.38. The lowest BCUT2D eigenvalue weighted by molar-refractivity contribution is 0.190. The highest BCUT2D eigenvalue weighted by Crippen LogP contribution is 2.20. The van der Waals surface area contributed by atoms with Crippen LogP contribution in [0, 0.1) is 6.92 Å². The maximum Gasteiger partial charge on any atom is 0.140 e. The van der Waals surface area contributed by atoms with Crippen LogP contribution in [0.4, 0.5) is 5.82 Å². The lowest BCUT2D eigenvalue weighted by Crippen LogP contribution is -2.21. The van der Waals surface area contributed by atoms with Crippen LogP contribution in [0.5, 0.6) is 0 Å². The van der Waals surface area contributed by atoms with Crippen molar-refractivity contribution >= 4 is 21.7 Å². The van der Waals surface area contributed by atoms with Gasteiger partial charge in [0, 0.05) is 19.3 Å². The number of halogens is 1. The SMILES string of the molecule is COCC(C)Nc1ncc(C)cc1Br. The van der Waals surface area contributed by atoms with Gasteiger partial charge in [0.1, 0.15) is 5.82 Å². The molecule has 3 nitrogen and oxygen atoms in total. The van der Waals surface area contributed by atoms with Crippen molar-refractivity contribution in [3.05, 3.63) is 22.3 Å². The Bertz CT molecular complexity index is 304. The van der Waals surface area contributed by atoms with Crippen molar-refractivity contribution in [2.75, 3.05) is 19.0 Å². The number of nitrogens with one attached hydrogen (secondary N) is 1. The molecule has 0 radical (unpaired) electrons. The van der Waals surface area contributed by atoms with E-state index in [4.69, 9.17) is 4.74 Å². The summed E-state index contributed by atoms with van der Waals surface area (Å²) >= 11 is 3.46. The Morgan fingerprint density at radius 1 is 1.64 bits per heavy atom. The number of anilines is 1. The minimum absolute atomic E-state index is 0.256. The van der Waals surface area contributed by atoms with E-state index in [0.717, 1.165) is 15.9 Å². The zero-order valence-electron chi connectivity index (χ0n) is 8.67. The molecule has 1 heterocycles. The minimum atomic E-state index is 0.256. The molecular formula is C10H15BrN2O. The molecule has 0 spiro atoms. The van der Waals surface area contributed by atoms with Crippen LogP contribution < -0.4 is 5.32 Å². The summed E-state index contributed by atoms with van der Waals surface area (Å²) < 4.78 is 6.02. The Morgan fingerprint density at radius 3 is 2.93 bits per heavy atom. The fourth-order valence-electron chi connectivity index (χ4n) is 1.16. The molecule has 0 saturated carbocycles. The quantitative estimate of drug-likeness (QED) is 0.902. The highest BCUT2D eigenvalue weighted by atomic mass is 79.9. The van der Waals surface area contributed by atoms with Crippen molar-refractivity contribution in [3.8, 4) is 0 Å². The first-order valence-electron chi connectivity index (χ1n) is 4.51. The van der Waals surface area contributed by atoms with Gasteiger partial charge in [-0.05, 0) is 41.4 Å². The summed E-state index contributed by atoms with van der Waals surface area (Å²) in [4.78, 5) is 4.29. The molecule has 0 fully saturated rings. The first-order chi connectivity index (χ1) is 6.63. The second-order valence-electron chi connectivity index (χ2n) is 3.34. The zero-order chi connectivity index (χ0) is 10.6. The van der Waals surface area contributed by atoms with Gasteiger partial charge in [0.05, 0.1) is 11.1 Å². The molecule has 1 aromatic heterocycles. The van der Waals surface area contributed by atoms with Gasteiger partial charge in [-0.2, -0.15) is 0 Å². The Morgan fingerprint density at radius 2 is 2.36 bits per heavy atom. The molecule has 0 aliphatic carbocycles. The fraction of sp³-hybridized carbons (Fsp3) is 0.500. The number of aryl methyl sites for hydroxylation is 1. The van der Waals surface area contributed by atoms with Crippen molar-refractivity contribution in [1.82, 2.24) is 4.98 Å². The maximum absolute atomic E-state index is 5.03. The minimum Gasteiger partial charge on any atom is -0.383 e. The molecular weight excluding hydrogens is 244 g/mol. The molecule has 1 atom stereocenters. The predicted octanol–water partition coefficient (Wildman–Crippen LogP) is 2.60. The summed E-state index contributed by atoms with van der Waals surface area (Å²) in [7, 11) is 1.69. The van der Waals surface area contributed by atoms with E-state index in [-0.39, 0.29) is 6.04 Å². The third-order valence-electron chi connectivity index (χ3n) is 1.78. The molecule has 0 amide bonds. The van der Waals surface area contributed by atoms with Crippen LogP contribution in [0.25, 0.3) is 0 Å². The highest BCUT2D eigenvalue weighted by Gasteiger charge is 2.05. The van der Waals surface area contributed by atoms with E-state index in [2.05, 4.69) is 33.2 Å². The van der Waals surface area contributed by atoms with E-state index in [9.17, 15) is 0 Å². The van der Waals surface area contributed by atoms with Crippen molar-refractivity contribution < 1.29 is 4.74 Å². The van der Waals surface area contributed by atoms with Gasteiger partial charge in [0.25, 0.3) is 0 Å². The van der Waals surface area contributed by atoms with E-state index in [1.54, 1.807) is 7.11 Å². The second kappa shape index (κ2) is 5.32. The highest BCUT2D eigenvalue weighted by molar-refractivity contribution is 9.10. The van der Waals surface area contributed by atoms with Gasteiger partial charge in [0.2, 0.25) is 0 Å². The Kier molecular flexibility index (Phi) is 4.35. The average Bonchev–Trinajstić information content (AvgIpc) is 2.10. The molecule has 1 aromatic rings. The second-order valence-corrected chi connectivity index (χ2v) is 4.20. The van der Waals surface area contributed by atoms with Crippen molar-refractivity contribution in [3.63, 3.8) is 0 Å². The molecule has 0 aliphatic heterocycles. The number of nitrogens with zero attached hydrogens (tertiary/aromatic N) is 1. The van der Waals surface area contributed by atoms with Crippen LogP contribution in [0.1, 0.15) is 12.5 Å². The normalized spacial score (nSPS) is 12.6. The smallest absolute Gasteiger partial charge is 0.140 e. The molecule has 1 N–H and O–H groups in total. The maximum atomic E-state index is 5.03. The van der Waals surface area contributed by atoms with Crippen molar-refractivity contribution in [1.29, 1.82) is 0 Å². The van der Waals surface area contributed by atoms with Gasteiger partial charge < -0.3 is 10.1 Å². The lowest BCUT2D eigenvalue weighted by atomic mass is 10.3. The van der Waals surface area contributed by atoms with Gasteiger partial charge >= 0.3 is 0 Å². The van der Waals surface area contributed by atoms with Gasteiger partial charge in [0.15, 0.2) is 0 Å². The molecule has 0 bridgehead atoms. The monoisotopic (exact) mass is 258 g/mol. The van der Waals surface area contributed by atoms with Crippen molar-refractivity contribution in [2.45, 2.75) is 19.9 Å². The number of methoxy groups -OCH3 is 1. The first kappa shape index (κ1) is 11.5. The van der Waals surface area contributed by atoms with Crippen molar-refractivity contribution in [2.24, 2.45) is 0 Å². The average molecular weight is 259 g/mol. The molecule has 4 heteroatoms. The molecule has 0 aliphatic rings. The summed E-state index contributed by atoms with van der Waals surface area (Å²) in [6.07, 6.45) is 1.84. The fourth-order valence-corrected chi connectivity index (χ4v) is 1.74. The number of rotatable bonds is 4. The zero-order valence-corrected chi connectivity index (χ0v) is 10.3. The van der Waals surface area contributed by atoms with E-state index in [1.165, 1.54) is 0 Å². The van der Waals surface area contributed by atoms with Crippen LogP contribution in [0.3, 0.4) is 0 Å². The largest absolute Gasteiger partial charge is 0.383 e. The van der Waals surface area contributed by atoms with Crippen LogP contribution in [0.15, 0.2) is 16.7 Å². The van der Waals surface area contributed by atoms with Crippen LogP contribution in [-0.2, 0) is 4.74 Å². The molecule has 14 heavy (non-hydrogen) atoms. The molecule has 1 rings (SSSR count). The third kappa shape index (κ3) is 3.27. The topological polar surface area (TPSA) is 34.1 Å². The molecule has 78 valence electrons. The Balaban J connectivity index is 2.67. The molecule has 0 saturated heterocycles. The van der Waals surface area contributed by atoms with E-state index < -0.39 is 0 Å². The summed E-state index contributed by atoms with van der Waals surface area (Å²) in [5.74, 6) is 0.861. The van der Waals surface area contributed by atoms with Crippen LogP contribution in [-0.4, -0.2) is 24.7 Å². The van der Waals surface area contributed by atoms with Gasteiger partial charge in [-0.1, -0.05) is 0 Å². The van der Waals surface area contributed by atoms with E-state index >= 15 is 0 Å². The standard InChI is InChI=1S/C10H15BrN2O/c1-7-4-9(11)10(12-5-7)13-8(2)6-14-3/h4-5,8H,6H2,1-3H3,(H,12,13). The number of pyridine rings is 1. The van der Waals surface area contributed by atoms with Gasteiger partial charge in [-0.15, -0.1) is 0 Å². The van der Waals surface area contributed by atoms with E-state index in [1.807, 2.05) is 19.2 Å². The number of ether oxygens (including phenoxy) is 1. The Hall–Kier alpha value is -0.610.